The fraction of sp³-hybridized carbons (Fsp3) is 0.381. The summed E-state index contributed by atoms with van der Waals surface area (Å²) in [6, 6.07) is 13.5. The molecule has 0 aliphatic carbocycles. The van der Waals surface area contributed by atoms with Gasteiger partial charge >= 0.3 is 0 Å². The van der Waals surface area contributed by atoms with Crippen LogP contribution in [-0.2, 0) is 6.54 Å². The fourth-order valence-electron chi connectivity index (χ4n) is 3.34. The van der Waals surface area contributed by atoms with E-state index < -0.39 is 0 Å². The zero-order chi connectivity index (χ0) is 18.5. The maximum atomic E-state index is 12.3. The van der Waals surface area contributed by atoms with E-state index in [4.69, 9.17) is 16.3 Å². The van der Waals surface area contributed by atoms with Gasteiger partial charge in [-0.05, 0) is 54.7 Å². The standard InChI is InChI=1S/C21H25ClN2O2/c1-15-4-3-11-24(14-15)18-8-5-16(6-9-18)13-23-21(25)17-7-10-20(26-2)19(22)12-17/h5-10,12,15H,3-4,11,13-14H2,1-2H3,(H,23,25)/t15-/m1/s1. The van der Waals surface area contributed by atoms with Crippen LogP contribution in [0.5, 0.6) is 5.75 Å². The summed E-state index contributed by atoms with van der Waals surface area (Å²) in [7, 11) is 1.55. The minimum Gasteiger partial charge on any atom is -0.495 e. The molecule has 1 heterocycles. The molecule has 1 aliphatic heterocycles. The summed E-state index contributed by atoms with van der Waals surface area (Å²) in [4.78, 5) is 14.7. The number of ether oxygens (including phenoxy) is 1. The molecule has 1 fully saturated rings. The summed E-state index contributed by atoms with van der Waals surface area (Å²) in [6.45, 7) is 5.04. The van der Waals surface area contributed by atoms with Crippen molar-refractivity contribution in [1.29, 1.82) is 0 Å². The molecule has 1 saturated heterocycles. The number of nitrogens with zero attached hydrogens (tertiary/aromatic N) is 1. The number of hydrogen-bond donors (Lipinski definition) is 1. The van der Waals surface area contributed by atoms with Crippen LogP contribution < -0.4 is 15.0 Å². The Labute approximate surface area is 160 Å². The number of hydrogen-bond acceptors (Lipinski definition) is 3. The quantitative estimate of drug-likeness (QED) is 0.839. The van der Waals surface area contributed by atoms with Crippen LogP contribution in [-0.4, -0.2) is 26.1 Å². The highest BCUT2D eigenvalue weighted by molar-refractivity contribution is 6.32. The molecule has 26 heavy (non-hydrogen) atoms. The van der Waals surface area contributed by atoms with Crippen LogP contribution >= 0.6 is 11.6 Å². The molecule has 1 aliphatic rings. The van der Waals surface area contributed by atoms with E-state index in [0.717, 1.165) is 24.6 Å². The van der Waals surface area contributed by atoms with Crippen LogP contribution in [0, 0.1) is 5.92 Å². The van der Waals surface area contributed by atoms with E-state index in [1.165, 1.54) is 18.5 Å². The second kappa shape index (κ2) is 8.45. The van der Waals surface area contributed by atoms with Crippen molar-refractivity contribution in [3.63, 3.8) is 0 Å². The van der Waals surface area contributed by atoms with Crippen molar-refractivity contribution in [2.24, 2.45) is 5.92 Å². The van der Waals surface area contributed by atoms with Gasteiger partial charge in [0.05, 0.1) is 12.1 Å². The predicted molar refractivity (Wildman–Crippen MR) is 106 cm³/mol. The van der Waals surface area contributed by atoms with E-state index in [0.29, 0.717) is 22.9 Å². The molecule has 1 atom stereocenters. The molecule has 2 aromatic rings. The summed E-state index contributed by atoms with van der Waals surface area (Å²) in [5.41, 5.74) is 2.86. The van der Waals surface area contributed by atoms with Crippen molar-refractivity contribution in [2.75, 3.05) is 25.1 Å². The van der Waals surface area contributed by atoms with Gasteiger partial charge in [0.15, 0.2) is 0 Å². The number of anilines is 1. The van der Waals surface area contributed by atoms with E-state index >= 15 is 0 Å². The smallest absolute Gasteiger partial charge is 0.251 e. The number of halogens is 1. The number of benzene rings is 2. The lowest BCUT2D eigenvalue weighted by Gasteiger charge is -2.32. The zero-order valence-electron chi connectivity index (χ0n) is 15.3. The molecule has 3 rings (SSSR count). The van der Waals surface area contributed by atoms with Gasteiger partial charge < -0.3 is 15.0 Å². The van der Waals surface area contributed by atoms with Gasteiger partial charge in [0.1, 0.15) is 5.75 Å². The van der Waals surface area contributed by atoms with Crippen molar-refractivity contribution in [3.05, 3.63) is 58.6 Å². The molecule has 0 saturated carbocycles. The molecule has 0 unspecified atom stereocenters. The average molecular weight is 373 g/mol. The van der Waals surface area contributed by atoms with E-state index in [9.17, 15) is 4.79 Å². The van der Waals surface area contributed by atoms with Crippen LogP contribution in [0.3, 0.4) is 0 Å². The number of piperidine rings is 1. The third-order valence-electron chi connectivity index (χ3n) is 4.83. The monoisotopic (exact) mass is 372 g/mol. The van der Waals surface area contributed by atoms with Crippen molar-refractivity contribution in [2.45, 2.75) is 26.3 Å². The zero-order valence-corrected chi connectivity index (χ0v) is 16.1. The van der Waals surface area contributed by atoms with Crippen LogP contribution in [0.1, 0.15) is 35.7 Å². The molecule has 5 heteroatoms. The highest BCUT2D eigenvalue weighted by atomic mass is 35.5. The van der Waals surface area contributed by atoms with Gasteiger partial charge in [-0.3, -0.25) is 4.79 Å². The molecule has 1 amide bonds. The Morgan fingerprint density at radius 3 is 2.69 bits per heavy atom. The molecule has 2 aromatic carbocycles. The number of carbonyl (C=O) groups excluding carboxylic acids is 1. The van der Waals surface area contributed by atoms with Crippen LogP contribution in [0.2, 0.25) is 5.02 Å². The van der Waals surface area contributed by atoms with Crippen molar-refractivity contribution >= 4 is 23.2 Å². The van der Waals surface area contributed by atoms with Gasteiger partial charge in [0.2, 0.25) is 0 Å². The minimum atomic E-state index is -0.150. The number of rotatable bonds is 5. The molecule has 138 valence electrons. The Hall–Kier alpha value is -2.20. The van der Waals surface area contributed by atoms with Crippen LogP contribution in [0.15, 0.2) is 42.5 Å². The molecule has 0 bridgehead atoms. The Morgan fingerprint density at radius 2 is 2.04 bits per heavy atom. The van der Waals surface area contributed by atoms with Gasteiger partial charge in [-0.15, -0.1) is 0 Å². The third kappa shape index (κ3) is 4.50. The number of amides is 1. The van der Waals surface area contributed by atoms with Gasteiger partial charge in [-0.2, -0.15) is 0 Å². The first kappa shape index (κ1) is 18.6. The lowest BCUT2D eigenvalue weighted by Crippen LogP contribution is -2.34. The number of methoxy groups -OCH3 is 1. The van der Waals surface area contributed by atoms with Crippen molar-refractivity contribution in [1.82, 2.24) is 5.32 Å². The Bertz CT molecular complexity index is 761. The van der Waals surface area contributed by atoms with Crippen LogP contribution in [0.4, 0.5) is 5.69 Å². The maximum Gasteiger partial charge on any atom is 0.251 e. The molecular formula is C21H25ClN2O2. The van der Waals surface area contributed by atoms with Crippen LogP contribution in [0.25, 0.3) is 0 Å². The van der Waals surface area contributed by atoms with Crippen molar-refractivity contribution in [3.8, 4) is 5.75 Å². The third-order valence-corrected chi connectivity index (χ3v) is 5.12. The lowest BCUT2D eigenvalue weighted by atomic mass is 9.99. The second-order valence-corrected chi connectivity index (χ2v) is 7.30. The van der Waals surface area contributed by atoms with E-state index in [1.807, 2.05) is 0 Å². The lowest BCUT2D eigenvalue weighted by molar-refractivity contribution is 0.0951. The van der Waals surface area contributed by atoms with Gasteiger partial charge in [-0.25, -0.2) is 0 Å². The van der Waals surface area contributed by atoms with Gasteiger partial charge in [-0.1, -0.05) is 30.7 Å². The van der Waals surface area contributed by atoms with Gasteiger partial charge in [0, 0.05) is 30.9 Å². The summed E-state index contributed by atoms with van der Waals surface area (Å²) >= 11 is 6.08. The summed E-state index contributed by atoms with van der Waals surface area (Å²) in [6.07, 6.45) is 2.57. The first-order valence-corrected chi connectivity index (χ1v) is 9.40. The summed E-state index contributed by atoms with van der Waals surface area (Å²) in [5.74, 6) is 1.16. The predicted octanol–water partition coefficient (Wildman–Crippen LogP) is 4.51. The maximum absolute atomic E-state index is 12.3. The molecular weight excluding hydrogens is 348 g/mol. The highest BCUT2D eigenvalue weighted by Crippen LogP contribution is 2.25. The van der Waals surface area contributed by atoms with E-state index in [1.54, 1.807) is 25.3 Å². The summed E-state index contributed by atoms with van der Waals surface area (Å²) < 4.78 is 5.11. The largest absolute Gasteiger partial charge is 0.495 e. The van der Waals surface area contributed by atoms with E-state index in [2.05, 4.69) is 41.4 Å². The fourth-order valence-corrected chi connectivity index (χ4v) is 3.60. The average Bonchev–Trinajstić information content (AvgIpc) is 2.66. The number of carbonyl (C=O) groups is 1. The second-order valence-electron chi connectivity index (χ2n) is 6.89. The number of nitrogens with one attached hydrogen (secondary N) is 1. The summed E-state index contributed by atoms with van der Waals surface area (Å²) in [5, 5.41) is 3.36. The molecule has 4 nitrogen and oxygen atoms in total. The SMILES string of the molecule is COc1ccc(C(=O)NCc2ccc(N3CCC[C@@H](C)C3)cc2)cc1Cl. The minimum absolute atomic E-state index is 0.150. The normalized spacial score (nSPS) is 17.0. The molecule has 1 N–H and O–H groups in total. The molecule has 0 radical (unpaired) electrons. The highest BCUT2D eigenvalue weighted by Gasteiger charge is 2.16. The van der Waals surface area contributed by atoms with E-state index in [-0.39, 0.29) is 5.91 Å². The van der Waals surface area contributed by atoms with Gasteiger partial charge in [0.25, 0.3) is 5.91 Å². The molecule has 0 aromatic heterocycles. The topological polar surface area (TPSA) is 41.6 Å². The Balaban J connectivity index is 1.57. The Kier molecular flexibility index (Phi) is 6.04. The Morgan fingerprint density at radius 1 is 1.27 bits per heavy atom. The molecule has 0 spiro atoms. The first-order chi connectivity index (χ1) is 12.6. The van der Waals surface area contributed by atoms with Crippen molar-refractivity contribution < 1.29 is 9.53 Å². The first-order valence-electron chi connectivity index (χ1n) is 9.02.